The van der Waals surface area contributed by atoms with Crippen molar-refractivity contribution < 1.29 is 14.2 Å². The number of methoxy groups -OCH3 is 1. The van der Waals surface area contributed by atoms with E-state index in [1.165, 1.54) is 0 Å². The zero-order chi connectivity index (χ0) is 17.5. The maximum atomic E-state index is 5.87. The van der Waals surface area contributed by atoms with Crippen molar-refractivity contribution in [3.8, 4) is 22.8 Å². The minimum absolute atomic E-state index is 0.366. The summed E-state index contributed by atoms with van der Waals surface area (Å²) < 4.78 is 16.3. The third-order valence-electron chi connectivity index (χ3n) is 3.62. The van der Waals surface area contributed by atoms with Gasteiger partial charge in [-0.15, -0.1) is 0 Å². The van der Waals surface area contributed by atoms with Crippen LogP contribution in [-0.4, -0.2) is 30.5 Å². The Balaban J connectivity index is 1.65. The van der Waals surface area contributed by atoms with Gasteiger partial charge in [0.15, 0.2) is 0 Å². The van der Waals surface area contributed by atoms with Crippen LogP contribution in [0.25, 0.3) is 11.3 Å². The third-order valence-corrected chi connectivity index (χ3v) is 3.62. The Hall–Kier alpha value is -2.99. The molecule has 6 nitrogen and oxygen atoms in total. The van der Waals surface area contributed by atoms with Crippen LogP contribution in [-0.2, 0) is 11.3 Å². The van der Waals surface area contributed by atoms with E-state index in [0.717, 1.165) is 22.7 Å². The fourth-order valence-corrected chi connectivity index (χ4v) is 2.34. The van der Waals surface area contributed by atoms with Crippen LogP contribution in [0.4, 0.5) is 5.69 Å². The molecule has 0 radical (unpaired) electrons. The number of aromatic nitrogens is 2. The topological polar surface area (TPSA) is 82.4 Å². The standard InChI is InChI=1S/C19H21N3O3/c1-23-9-10-24-16-6-4-5-14(11-16)18-12-15(21-22-18)13-25-19-8-3-2-7-17(19)20/h2-8,11-12H,9-10,13,20H2,1H3,(H,21,22). The van der Waals surface area contributed by atoms with E-state index in [-0.39, 0.29) is 0 Å². The van der Waals surface area contributed by atoms with Crippen LogP contribution in [0.3, 0.4) is 0 Å². The molecule has 0 saturated carbocycles. The van der Waals surface area contributed by atoms with Gasteiger partial charge < -0.3 is 19.9 Å². The summed E-state index contributed by atoms with van der Waals surface area (Å²) in [7, 11) is 1.65. The summed E-state index contributed by atoms with van der Waals surface area (Å²) >= 11 is 0. The predicted molar refractivity (Wildman–Crippen MR) is 96.6 cm³/mol. The van der Waals surface area contributed by atoms with Crippen LogP contribution in [0.15, 0.2) is 54.6 Å². The smallest absolute Gasteiger partial charge is 0.142 e. The maximum Gasteiger partial charge on any atom is 0.142 e. The van der Waals surface area contributed by atoms with Gasteiger partial charge in [-0.05, 0) is 30.3 Å². The summed E-state index contributed by atoms with van der Waals surface area (Å²) in [6, 6.07) is 17.1. The van der Waals surface area contributed by atoms with Gasteiger partial charge in [-0.25, -0.2) is 0 Å². The molecule has 0 fully saturated rings. The third kappa shape index (κ3) is 4.51. The number of anilines is 1. The molecule has 130 valence electrons. The van der Waals surface area contributed by atoms with E-state index in [4.69, 9.17) is 19.9 Å². The van der Waals surface area contributed by atoms with Crippen LogP contribution in [0.2, 0.25) is 0 Å². The SMILES string of the molecule is COCCOc1cccc(-c2cc(COc3ccccc3N)[nH]n2)c1. The first-order chi connectivity index (χ1) is 12.3. The Morgan fingerprint density at radius 3 is 2.72 bits per heavy atom. The molecule has 0 aliphatic carbocycles. The molecule has 0 spiro atoms. The Morgan fingerprint density at radius 2 is 1.88 bits per heavy atom. The average molecular weight is 339 g/mol. The first-order valence-electron chi connectivity index (χ1n) is 8.00. The van der Waals surface area contributed by atoms with Crippen molar-refractivity contribution in [1.29, 1.82) is 0 Å². The number of hydrogen-bond donors (Lipinski definition) is 2. The lowest BCUT2D eigenvalue weighted by Crippen LogP contribution is -2.04. The normalized spacial score (nSPS) is 10.6. The zero-order valence-corrected chi connectivity index (χ0v) is 14.1. The minimum atomic E-state index is 0.366. The molecule has 0 saturated heterocycles. The second-order valence-electron chi connectivity index (χ2n) is 5.47. The largest absolute Gasteiger partial charge is 0.491 e. The molecular formula is C19H21N3O3. The van der Waals surface area contributed by atoms with Crippen molar-refractivity contribution in [3.63, 3.8) is 0 Å². The Labute approximate surface area is 146 Å². The van der Waals surface area contributed by atoms with Gasteiger partial charge in [0.05, 0.1) is 23.7 Å². The molecule has 25 heavy (non-hydrogen) atoms. The van der Waals surface area contributed by atoms with E-state index in [1.54, 1.807) is 7.11 Å². The lowest BCUT2D eigenvalue weighted by molar-refractivity contribution is 0.146. The monoisotopic (exact) mass is 339 g/mol. The molecule has 0 aliphatic rings. The summed E-state index contributed by atoms with van der Waals surface area (Å²) in [5.74, 6) is 1.44. The molecule has 0 bridgehead atoms. The summed E-state index contributed by atoms with van der Waals surface area (Å²) in [4.78, 5) is 0. The van der Waals surface area contributed by atoms with E-state index >= 15 is 0 Å². The molecule has 2 aromatic carbocycles. The molecule has 3 rings (SSSR count). The molecule has 0 atom stereocenters. The molecule has 1 heterocycles. The van der Waals surface area contributed by atoms with Crippen LogP contribution in [0.1, 0.15) is 5.69 Å². The summed E-state index contributed by atoms with van der Waals surface area (Å²) in [5.41, 5.74) is 9.15. The number of benzene rings is 2. The van der Waals surface area contributed by atoms with E-state index in [2.05, 4.69) is 10.2 Å². The summed E-state index contributed by atoms with van der Waals surface area (Å²) in [6.45, 7) is 1.43. The number of para-hydroxylation sites is 2. The van der Waals surface area contributed by atoms with Crippen molar-refractivity contribution in [2.45, 2.75) is 6.61 Å². The van der Waals surface area contributed by atoms with Crippen molar-refractivity contribution in [2.75, 3.05) is 26.1 Å². The Kier molecular flexibility index (Phi) is 5.53. The summed E-state index contributed by atoms with van der Waals surface area (Å²) in [6.07, 6.45) is 0. The predicted octanol–water partition coefficient (Wildman–Crippen LogP) is 3.26. The quantitative estimate of drug-likeness (QED) is 0.486. The van der Waals surface area contributed by atoms with Crippen molar-refractivity contribution >= 4 is 5.69 Å². The molecule has 3 aromatic rings. The van der Waals surface area contributed by atoms with Crippen LogP contribution >= 0.6 is 0 Å². The van der Waals surface area contributed by atoms with E-state index < -0.39 is 0 Å². The number of nitrogens with one attached hydrogen (secondary N) is 1. The van der Waals surface area contributed by atoms with E-state index in [0.29, 0.717) is 31.3 Å². The molecule has 3 N–H and O–H groups in total. The highest BCUT2D eigenvalue weighted by molar-refractivity contribution is 5.61. The number of hydrogen-bond acceptors (Lipinski definition) is 5. The van der Waals surface area contributed by atoms with Crippen molar-refractivity contribution in [3.05, 3.63) is 60.3 Å². The number of ether oxygens (including phenoxy) is 3. The van der Waals surface area contributed by atoms with Gasteiger partial charge >= 0.3 is 0 Å². The van der Waals surface area contributed by atoms with Gasteiger partial charge in [-0.1, -0.05) is 24.3 Å². The van der Waals surface area contributed by atoms with Gasteiger partial charge in [-0.2, -0.15) is 5.10 Å². The molecule has 1 aromatic heterocycles. The fraction of sp³-hybridized carbons (Fsp3) is 0.211. The number of rotatable bonds is 8. The second kappa shape index (κ2) is 8.21. The van der Waals surface area contributed by atoms with Gasteiger partial charge in [-0.3, -0.25) is 5.10 Å². The van der Waals surface area contributed by atoms with Crippen molar-refractivity contribution in [2.24, 2.45) is 0 Å². The molecule has 0 aliphatic heterocycles. The highest BCUT2D eigenvalue weighted by Gasteiger charge is 2.07. The van der Waals surface area contributed by atoms with Gasteiger partial charge in [0.1, 0.15) is 24.7 Å². The van der Waals surface area contributed by atoms with Crippen LogP contribution in [0.5, 0.6) is 11.5 Å². The molecule has 6 heteroatoms. The Morgan fingerprint density at radius 1 is 1.00 bits per heavy atom. The van der Waals surface area contributed by atoms with E-state index in [9.17, 15) is 0 Å². The fourth-order valence-electron chi connectivity index (χ4n) is 2.34. The molecular weight excluding hydrogens is 318 g/mol. The number of nitrogens with two attached hydrogens (primary N) is 1. The molecule has 0 unspecified atom stereocenters. The zero-order valence-electron chi connectivity index (χ0n) is 14.1. The lowest BCUT2D eigenvalue weighted by atomic mass is 10.1. The Bertz CT molecular complexity index is 817. The first kappa shape index (κ1) is 16.9. The van der Waals surface area contributed by atoms with Gasteiger partial charge in [0.25, 0.3) is 0 Å². The van der Waals surface area contributed by atoms with Gasteiger partial charge in [0.2, 0.25) is 0 Å². The minimum Gasteiger partial charge on any atom is -0.491 e. The number of H-pyrrole nitrogens is 1. The first-order valence-corrected chi connectivity index (χ1v) is 8.00. The van der Waals surface area contributed by atoms with E-state index in [1.807, 2.05) is 54.6 Å². The van der Waals surface area contributed by atoms with Crippen molar-refractivity contribution in [1.82, 2.24) is 10.2 Å². The highest BCUT2D eigenvalue weighted by atomic mass is 16.5. The maximum absolute atomic E-state index is 5.87. The number of nitrogens with zero attached hydrogens (tertiary/aromatic N) is 1. The number of nitrogen functional groups attached to an aromatic ring is 1. The average Bonchev–Trinajstić information content (AvgIpc) is 3.11. The second-order valence-corrected chi connectivity index (χ2v) is 5.47. The van der Waals surface area contributed by atoms with Gasteiger partial charge in [0, 0.05) is 12.7 Å². The molecule has 0 amide bonds. The number of aromatic amines is 1. The van der Waals surface area contributed by atoms with Crippen LogP contribution < -0.4 is 15.2 Å². The van der Waals surface area contributed by atoms with Crippen LogP contribution in [0, 0.1) is 0 Å². The summed E-state index contributed by atoms with van der Waals surface area (Å²) in [5, 5.41) is 7.33. The highest BCUT2D eigenvalue weighted by Crippen LogP contribution is 2.24. The lowest BCUT2D eigenvalue weighted by Gasteiger charge is -2.07.